The number of halogens is 1. The summed E-state index contributed by atoms with van der Waals surface area (Å²) in [6, 6.07) is 6.21. The zero-order valence-corrected chi connectivity index (χ0v) is 13.8. The summed E-state index contributed by atoms with van der Waals surface area (Å²) < 4.78 is 12.9. The first-order valence-electron chi connectivity index (χ1n) is 7.63. The summed E-state index contributed by atoms with van der Waals surface area (Å²) in [5, 5.41) is 23.7. The van der Waals surface area contributed by atoms with Crippen LogP contribution in [0.25, 0.3) is 0 Å². The molecule has 2 aromatic rings. The molecule has 2 unspecified atom stereocenters. The minimum absolute atomic E-state index is 0.109. The Hall–Kier alpha value is -2.87. The standard InChI is InChI=1S/C17H18FN3O4/c1-10(7-16(22)12-3-5-13(18)6-4-12)20-17(23)15-8-14(21(24)25)9-19-11(15)2/h3-6,8-10,16,22H,7H2,1-2H3,(H,20,23). The number of nitro groups is 1. The van der Waals surface area contributed by atoms with E-state index in [4.69, 9.17) is 0 Å². The van der Waals surface area contributed by atoms with Crippen molar-refractivity contribution >= 4 is 11.6 Å². The van der Waals surface area contributed by atoms with E-state index < -0.39 is 28.8 Å². The molecule has 0 aliphatic heterocycles. The molecular formula is C17H18FN3O4. The van der Waals surface area contributed by atoms with Crippen LogP contribution >= 0.6 is 0 Å². The van der Waals surface area contributed by atoms with Crippen molar-refractivity contribution in [2.45, 2.75) is 32.4 Å². The second-order valence-corrected chi connectivity index (χ2v) is 5.76. The maximum Gasteiger partial charge on any atom is 0.288 e. The average molecular weight is 347 g/mol. The van der Waals surface area contributed by atoms with Crippen molar-refractivity contribution in [1.29, 1.82) is 0 Å². The summed E-state index contributed by atoms with van der Waals surface area (Å²) >= 11 is 0. The van der Waals surface area contributed by atoms with Gasteiger partial charge in [0.15, 0.2) is 0 Å². The van der Waals surface area contributed by atoms with Gasteiger partial charge in [-0.05, 0) is 38.0 Å². The highest BCUT2D eigenvalue weighted by Gasteiger charge is 2.19. The lowest BCUT2D eigenvalue weighted by molar-refractivity contribution is -0.385. The van der Waals surface area contributed by atoms with Crippen LogP contribution in [-0.2, 0) is 0 Å². The minimum Gasteiger partial charge on any atom is -0.388 e. The molecule has 0 aliphatic rings. The van der Waals surface area contributed by atoms with Crippen LogP contribution < -0.4 is 5.32 Å². The highest BCUT2D eigenvalue weighted by atomic mass is 19.1. The molecule has 0 aliphatic carbocycles. The van der Waals surface area contributed by atoms with E-state index in [-0.39, 0.29) is 17.7 Å². The Bertz CT molecular complexity index is 780. The van der Waals surface area contributed by atoms with Crippen molar-refractivity contribution < 1.29 is 19.2 Å². The van der Waals surface area contributed by atoms with E-state index in [0.29, 0.717) is 11.3 Å². The van der Waals surface area contributed by atoms with E-state index in [1.165, 1.54) is 30.3 Å². The summed E-state index contributed by atoms with van der Waals surface area (Å²) in [6.45, 7) is 3.28. The number of aliphatic hydroxyl groups is 1. The van der Waals surface area contributed by atoms with E-state index in [1.54, 1.807) is 13.8 Å². The number of aromatic nitrogens is 1. The van der Waals surface area contributed by atoms with Crippen LogP contribution in [0.5, 0.6) is 0 Å². The first-order valence-corrected chi connectivity index (χ1v) is 7.63. The molecule has 0 spiro atoms. The normalized spacial score (nSPS) is 13.1. The molecule has 7 nitrogen and oxygen atoms in total. The molecule has 1 heterocycles. The predicted molar refractivity (Wildman–Crippen MR) is 88.5 cm³/mol. The van der Waals surface area contributed by atoms with E-state index in [1.807, 2.05) is 0 Å². The van der Waals surface area contributed by atoms with Crippen molar-refractivity contribution in [1.82, 2.24) is 10.3 Å². The van der Waals surface area contributed by atoms with Gasteiger partial charge in [-0.15, -0.1) is 0 Å². The molecule has 2 rings (SSSR count). The SMILES string of the molecule is Cc1ncc([N+](=O)[O-])cc1C(=O)NC(C)CC(O)c1ccc(F)cc1. The van der Waals surface area contributed by atoms with Gasteiger partial charge >= 0.3 is 0 Å². The fourth-order valence-corrected chi connectivity index (χ4v) is 2.37. The summed E-state index contributed by atoms with van der Waals surface area (Å²) in [7, 11) is 0. The number of rotatable bonds is 6. The smallest absolute Gasteiger partial charge is 0.288 e. The number of carbonyl (C=O) groups is 1. The second kappa shape index (κ2) is 7.80. The van der Waals surface area contributed by atoms with Crippen molar-refractivity contribution in [3.05, 3.63) is 69.3 Å². The number of hydrogen-bond acceptors (Lipinski definition) is 5. The number of aryl methyl sites for hydroxylation is 1. The molecular weight excluding hydrogens is 329 g/mol. The lowest BCUT2D eigenvalue weighted by Crippen LogP contribution is -2.34. The van der Waals surface area contributed by atoms with Gasteiger partial charge in [0.2, 0.25) is 0 Å². The lowest BCUT2D eigenvalue weighted by atomic mass is 10.0. The van der Waals surface area contributed by atoms with Crippen LogP contribution in [0.3, 0.4) is 0 Å². The maximum absolute atomic E-state index is 12.9. The Labute approximate surface area is 143 Å². The molecule has 0 bridgehead atoms. The number of carbonyl (C=O) groups excluding carboxylic acids is 1. The Kier molecular flexibility index (Phi) is 5.76. The number of hydrogen-bond donors (Lipinski definition) is 2. The van der Waals surface area contributed by atoms with Gasteiger partial charge in [0.1, 0.15) is 12.0 Å². The van der Waals surface area contributed by atoms with E-state index in [0.717, 1.165) is 6.20 Å². The van der Waals surface area contributed by atoms with Crippen LogP contribution in [0.1, 0.15) is 41.1 Å². The Balaban J connectivity index is 2.03. The zero-order valence-electron chi connectivity index (χ0n) is 13.8. The summed E-state index contributed by atoms with van der Waals surface area (Å²) in [6.07, 6.45) is 0.423. The maximum atomic E-state index is 12.9. The second-order valence-electron chi connectivity index (χ2n) is 5.76. The Morgan fingerprint density at radius 1 is 1.40 bits per heavy atom. The van der Waals surface area contributed by atoms with Crippen LogP contribution in [0.4, 0.5) is 10.1 Å². The van der Waals surface area contributed by atoms with E-state index >= 15 is 0 Å². The van der Waals surface area contributed by atoms with Gasteiger partial charge in [0.25, 0.3) is 11.6 Å². The number of amides is 1. The third kappa shape index (κ3) is 4.80. The fourth-order valence-electron chi connectivity index (χ4n) is 2.37. The molecule has 2 N–H and O–H groups in total. The zero-order chi connectivity index (χ0) is 18.6. The summed E-state index contributed by atoms with van der Waals surface area (Å²) in [5.74, 6) is -0.904. The molecule has 8 heteroatoms. The van der Waals surface area contributed by atoms with Gasteiger partial charge in [-0.25, -0.2) is 4.39 Å². The molecule has 1 aromatic carbocycles. The molecule has 25 heavy (non-hydrogen) atoms. The third-order valence-electron chi connectivity index (χ3n) is 3.74. The number of benzene rings is 1. The van der Waals surface area contributed by atoms with Crippen LogP contribution in [0.2, 0.25) is 0 Å². The lowest BCUT2D eigenvalue weighted by Gasteiger charge is -2.18. The van der Waals surface area contributed by atoms with Crippen molar-refractivity contribution in [2.24, 2.45) is 0 Å². The van der Waals surface area contributed by atoms with E-state index in [9.17, 15) is 24.4 Å². The van der Waals surface area contributed by atoms with Crippen LogP contribution in [-0.4, -0.2) is 27.0 Å². The number of nitrogens with zero attached hydrogens (tertiary/aromatic N) is 2. The molecule has 0 radical (unpaired) electrons. The van der Waals surface area contributed by atoms with Gasteiger partial charge in [-0.3, -0.25) is 19.9 Å². The molecule has 0 saturated heterocycles. The van der Waals surface area contributed by atoms with Crippen LogP contribution in [0, 0.1) is 22.9 Å². The van der Waals surface area contributed by atoms with Gasteiger partial charge in [-0.1, -0.05) is 12.1 Å². The molecule has 2 atom stereocenters. The third-order valence-corrected chi connectivity index (χ3v) is 3.74. The van der Waals surface area contributed by atoms with Crippen molar-refractivity contribution in [2.75, 3.05) is 0 Å². The van der Waals surface area contributed by atoms with Crippen molar-refractivity contribution in [3.63, 3.8) is 0 Å². The average Bonchev–Trinajstić information content (AvgIpc) is 2.55. The number of aliphatic hydroxyl groups excluding tert-OH is 1. The predicted octanol–water partition coefficient (Wildman–Crippen LogP) is 2.68. The molecule has 1 aromatic heterocycles. The molecule has 0 fully saturated rings. The topological polar surface area (TPSA) is 105 Å². The van der Waals surface area contributed by atoms with Gasteiger partial charge in [-0.2, -0.15) is 0 Å². The number of pyridine rings is 1. The Morgan fingerprint density at radius 3 is 2.64 bits per heavy atom. The Morgan fingerprint density at radius 2 is 2.04 bits per heavy atom. The highest BCUT2D eigenvalue weighted by Crippen LogP contribution is 2.19. The first-order chi connectivity index (χ1) is 11.8. The van der Waals surface area contributed by atoms with E-state index in [2.05, 4.69) is 10.3 Å². The minimum atomic E-state index is -0.875. The fraction of sp³-hybridized carbons (Fsp3) is 0.294. The summed E-state index contributed by atoms with van der Waals surface area (Å²) in [5.41, 5.74) is 0.747. The quantitative estimate of drug-likeness (QED) is 0.617. The molecule has 132 valence electrons. The van der Waals surface area contributed by atoms with Gasteiger partial charge in [0, 0.05) is 12.1 Å². The molecule has 1 amide bonds. The van der Waals surface area contributed by atoms with Gasteiger partial charge in [0.05, 0.1) is 22.3 Å². The van der Waals surface area contributed by atoms with Gasteiger partial charge < -0.3 is 10.4 Å². The monoisotopic (exact) mass is 347 g/mol. The van der Waals surface area contributed by atoms with Crippen molar-refractivity contribution in [3.8, 4) is 0 Å². The number of nitrogens with one attached hydrogen (secondary N) is 1. The highest BCUT2D eigenvalue weighted by molar-refractivity contribution is 5.95. The molecule has 0 saturated carbocycles. The largest absolute Gasteiger partial charge is 0.388 e. The first kappa shape index (κ1) is 18.5. The summed E-state index contributed by atoms with van der Waals surface area (Å²) in [4.78, 5) is 26.4. The van der Waals surface area contributed by atoms with Crippen LogP contribution in [0.15, 0.2) is 36.5 Å².